The molecule has 1 fully saturated rings. The number of piperidine rings is 1. The SMILES string of the molecule is CCC1CCCN(C(=N)C(C)C)C1. The number of hydrogen-bond acceptors (Lipinski definition) is 1. The fourth-order valence-electron chi connectivity index (χ4n) is 1.98. The summed E-state index contributed by atoms with van der Waals surface area (Å²) < 4.78 is 0. The minimum absolute atomic E-state index is 0.385. The zero-order valence-electron chi connectivity index (χ0n) is 9.14. The summed E-state index contributed by atoms with van der Waals surface area (Å²) in [6.45, 7) is 8.70. The van der Waals surface area contributed by atoms with Gasteiger partial charge in [0.25, 0.3) is 0 Å². The topological polar surface area (TPSA) is 27.1 Å². The molecule has 1 heterocycles. The first kappa shape index (κ1) is 10.6. The van der Waals surface area contributed by atoms with Crippen LogP contribution >= 0.6 is 0 Å². The predicted octanol–water partition coefficient (Wildman–Crippen LogP) is 2.74. The Hall–Kier alpha value is -0.530. The normalized spacial score (nSPS) is 23.7. The van der Waals surface area contributed by atoms with E-state index in [-0.39, 0.29) is 0 Å². The number of hydrogen-bond donors (Lipinski definition) is 1. The monoisotopic (exact) mass is 182 g/mol. The largest absolute Gasteiger partial charge is 0.360 e. The molecule has 1 unspecified atom stereocenters. The van der Waals surface area contributed by atoms with E-state index in [1.165, 1.54) is 19.3 Å². The lowest BCUT2D eigenvalue weighted by Crippen LogP contribution is -2.41. The van der Waals surface area contributed by atoms with Gasteiger partial charge in [-0.25, -0.2) is 0 Å². The van der Waals surface area contributed by atoms with Gasteiger partial charge in [-0.1, -0.05) is 27.2 Å². The molecule has 2 heteroatoms. The van der Waals surface area contributed by atoms with Gasteiger partial charge in [0, 0.05) is 19.0 Å². The molecule has 0 aromatic carbocycles. The van der Waals surface area contributed by atoms with Crippen molar-refractivity contribution in [3.63, 3.8) is 0 Å². The molecule has 0 aromatic heterocycles. The van der Waals surface area contributed by atoms with E-state index >= 15 is 0 Å². The van der Waals surface area contributed by atoms with E-state index in [0.717, 1.165) is 24.8 Å². The van der Waals surface area contributed by atoms with Crippen LogP contribution in [0.1, 0.15) is 40.0 Å². The van der Waals surface area contributed by atoms with Crippen LogP contribution in [0, 0.1) is 17.2 Å². The summed E-state index contributed by atoms with van der Waals surface area (Å²) >= 11 is 0. The van der Waals surface area contributed by atoms with Crippen molar-refractivity contribution in [2.24, 2.45) is 11.8 Å². The zero-order valence-corrected chi connectivity index (χ0v) is 9.14. The molecule has 1 aliphatic heterocycles. The Kier molecular flexibility index (Phi) is 3.76. The van der Waals surface area contributed by atoms with Crippen molar-refractivity contribution in [1.82, 2.24) is 4.90 Å². The van der Waals surface area contributed by atoms with E-state index < -0.39 is 0 Å². The molecule has 0 amide bonds. The Morgan fingerprint density at radius 2 is 2.23 bits per heavy atom. The number of nitrogens with one attached hydrogen (secondary N) is 1. The van der Waals surface area contributed by atoms with Gasteiger partial charge in [-0.05, 0) is 18.8 Å². The highest BCUT2D eigenvalue weighted by atomic mass is 15.2. The van der Waals surface area contributed by atoms with Crippen LogP contribution in [0.15, 0.2) is 0 Å². The van der Waals surface area contributed by atoms with Crippen LogP contribution in [-0.4, -0.2) is 23.8 Å². The van der Waals surface area contributed by atoms with E-state index in [4.69, 9.17) is 5.41 Å². The second kappa shape index (κ2) is 4.64. The molecule has 1 aliphatic rings. The summed E-state index contributed by atoms with van der Waals surface area (Å²) in [5.74, 6) is 2.04. The van der Waals surface area contributed by atoms with E-state index in [1.807, 2.05) is 0 Å². The fraction of sp³-hybridized carbons (Fsp3) is 0.909. The number of nitrogens with zero attached hydrogens (tertiary/aromatic N) is 1. The van der Waals surface area contributed by atoms with Crippen LogP contribution in [0.25, 0.3) is 0 Å². The highest BCUT2D eigenvalue weighted by Gasteiger charge is 2.21. The minimum atomic E-state index is 0.385. The molecule has 0 aromatic rings. The molecular weight excluding hydrogens is 160 g/mol. The molecule has 0 aliphatic carbocycles. The molecule has 2 nitrogen and oxygen atoms in total. The first-order chi connectivity index (χ1) is 6.15. The Balaban J connectivity index is 2.46. The van der Waals surface area contributed by atoms with Crippen LogP contribution in [0.3, 0.4) is 0 Å². The van der Waals surface area contributed by atoms with Crippen molar-refractivity contribution in [2.45, 2.75) is 40.0 Å². The van der Waals surface area contributed by atoms with Crippen LogP contribution in [-0.2, 0) is 0 Å². The van der Waals surface area contributed by atoms with Gasteiger partial charge in [-0.15, -0.1) is 0 Å². The molecule has 1 N–H and O–H groups in total. The van der Waals surface area contributed by atoms with Crippen molar-refractivity contribution >= 4 is 5.84 Å². The Bertz CT molecular complexity index is 175. The molecule has 0 radical (unpaired) electrons. The molecule has 1 saturated heterocycles. The van der Waals surface area contributed by atoms with Crippen LogP contribution in [0.5, 0.6) is 0 Å². The van der Waals surface area contributed by atoms with Gasteiger partial charge in [0.2, 0.25) is 0 Å². The Morgan fingerprint density at radius 1 is 1.54 bits per heavy atom. The summed E-state index contributed by atoms with van der Waals surface area (Å²) in [7, 11) is 0. The molecule has 0 spiro atoms. The van der Waals surface area contributed by atoms with E-state index in [2.05, 4.69) is 25.7 Å². The maximum atomic E-state index is 7.93. The van der Waals surface area contributed by atoms with Crippen molar-refractivity contribution in [3.8, 4) is 0 Å². The Morgan fingerprint density at radius 3 is 2.77 bits per heavy atom. The lowest BCUT2D eigenvalue weighted by Gasteiger charge is -2.35. The van der Waals surface area contributed by atoms with Gasteiger partial charge in [0.05, 0.1) is 5.84 Å². The predicted molar refractivity (Wildman–Crippen MR) is 57.2 cm³/mol. The van der Waals surface area contributed by atoms with E-state index in [1.54, 1.807) is 0 Å². The van der Waals surface area contributed by atoms with Gasteiger partial charge in [-0.3, -0.25) is 5.41 Å². The van der Waals surface area contributed by atoms with Crippen molar-refractivity contribution < 1.29 is 0 Å². The molecule has 0 bridgehead atoms. The molecule has 76 valence electrons. The average Bonchev–Trinajstić information content (AvgIpc) is 2.16. The lowest BCUT2D eigenvalue weighted by molar-refractivity contribution is 0.245. The smallest absolute Gasteiger partial charge is 0.0983 e. The van der Waals surface area contributed by atoms with Gasteiger partial charge >= 0.3 is 0 Å². The first-order valence-corrected chi connectivity index (χ1v) is 5.48. The van der Waals surface area contributed by atoms with E-state index in [0.29, 0.717) is 5.92 Å². The molecular formula is C11H22N2. The van der Waals surface area contributed by atoms with Gasteiger partial charge in [-0.2, -0.15) is 0 Å². The maximum Gasteiger partial charge on any atom is 0.0983 e. The summed E-state index contributed by atoms with van der Waals surface area (Å²) in [5, 5.41) is 7.93. The van der Waals surface area contributed by atoms with E-state index in [9.17, 15) is 0 Å². The second-order valence-electron chi connectivity index (χ2n) is 4.40. The van der Waals surface area contributed by atoms with Crippen LogP contribution in [0.2, 0.25) is 0 Å². The third-order valence-corrected chi connectivity index (χ3v) is 2.98. The van der Waals surface area contributed by atoms with Crippen LogP contribution in [0.4, 0.5) is 0 Å². The first-order valence-electron chi connectivity index (χ1n) is 5.48. The Labute approximate surface area is 81.8 Å². The molecule has 0 saturated carbocycles. The summed E-state index contributed by atoms with van der Waals surface area (Å²) in [5.41, 5.74) is 0. The maximum absolute atomic E-state index is 7.93. The lowest BCUT2D eigenvalue weighted by atomic mass is 9.95. The summed E-state index contributed by atoms with van der Waals surface area (Å²) in [6, 6.07) is 0. The van der Waals surface area contributed by atoms with Gasteiger partial charge in [0.15, 0.2) is 0 Å². The number of likely N-dealkylation sites (tertiary alicyclic amines) is 1. The van der Waals surface area contributed by atoms with Crippen molar-refractivity contribution in [2.75, 3.05) is 13.1 Å². The standard InChI is InChI=1S/C11H22N2/c1-4-10-6-5-7-13(8-10)11(12)9(2)3/h9-10,12H,4-8H2,1-3H3. The summed E-state index contributed by atoms with van der Waals surface area (Å²) in [6.07, 6.45) is 3.90. The van der Waals surface area contributed by atoms with Crippen molar-refractivity contribution in [3.05, 3.63) is 0 Å². The highest BCUT2D eigenvalue weighted by molar-refractivity contribution is 5.81. The molecule has 13 heavy (non-hydrogen) atoms. The third-order valence-electron chi connectivity index (χ3n) is 2.98. The number of rotatable bonds is 2. The minimum Gasteiger partial charge on any atom is -0.360 e. The van der Waals surface area contributed by atoms with Crippen molar-refractivity contribution in [1.29, 1.82) is 5.41 Å². The third kappa shape index (κ3) is 2.71. The highest BCUT2D eigenvalue weighted by Crippen LogP contribution is 2.20. The molecule has 1 rings (SSSR count). The van der Waals surface area contributed by atoms with Gasteiger partial charge < -0.3 is 4.90 Å². The number of amidine groups is 1. The van der Waals surface area contributed by atoms with Crippen LogP contribution < -0.4 is 0 Å². The zero-order chi connectivity index (χ0) is 9.84. The fourth-order valence-corrected chi connectivity index (χ4v) is 1.98. The molecule has 1 atom stereocenters. The second-order valence-corrected chi connectivity index (χ2v) is 4.40. The average molecular weight is 182 g/mol. The summed E-state index contributed by atoms with van der Waals surface area (Å²) in [4.78, 5) is 2.27. The quantitative estimate of drug-likeness (QED) is 0.516. The van der Waals surface area contributed by atoms with Gasteiger partial charge in [0.1, 0.15) is 0 Å².